The van der Waals surface area contributed by atoms with Gasteiger partial charge in [-0.15, -0.1) is 0 Å². The van der Waals surface area contributed by atoms with Crippen molar-refractivity contribution in [2.45, 2.75) is 6.92 Å². The summed E-state index contributed by atoms with van der Waals surface area (Å²) in [5.41, 5.74) is -0.421. The highest BCUT2D eigenvalue weighted by atomic mass is 19.1. The van der Waals surface area contributed by atoms with Crippen molar-refractivity contribution < 1.29 is 22.7 Å². The number of fused-ring (bicyclic) bond motifs is 1. The molecule has 0 aliphatic heterocycles. The lowest BCUT2D eigenvalue weighted by molar-refractivity contribution is -0.131. The Kier molecular flexibility index (Phi) is 3.65. The molecule has 0 N–H and O–H groups in total. The van der Waals surface area contributed by atoms with Gasteiger partial charge < -0.3 is 9.15 Å². The Morgan fingerprint density at radius 3 is 2.39 bits per heavy atom. The predicted octanol–water partition coefficient (Wildman–Crippen LogP) is 3.66. The number of carbonyl (C=O) groups excluding carboxylic acids is 1. The van der Waals surface area contributed by atoms with Gasteiger partial charge in [-0.25, -0.2) is 13.6 Å². The lowest BCUT2D eigenvalue weighted by Gasteiger charge is -2.05. The molecule has 0 aliphatic rings. The zero-order chi connectivity index (χ0) is 16.6. The molecule has 0 saturated heterocycles. The van der Waals surface area contributed by atoms with Gasteiger partial charge in [0.05, 0.1) is 5.56 Å². The quantitative estimate of drug-likeness (QED) is 0.411. The molecule has 0 saturated carbocycles. The normalized spacial score (nSPS) is 10.7. The second kappa shape index (κ2) is 5.64. The van der Waals surface area contributed by atoms with Gasteiger partial charge in [-0.2, -0.15) is 0 Å². The highest BCUT2D eigenvalue weighted by Gasteiger charge is 2.11. The molecule has 1 heterocycles. The van der Waals surface area contributed by atoms with E-state index in [0.29, 0.717) is 5.39 Å². The molecular weight excluding hydrogens is 306 g/mol. The number of ether oxygens (including phenoxy) is 1. The minimum atomic E-state index is -0.787. The number of hydrogen-bond donors (Lipinski definition) is 0. The van der Waals surface area contributed by atoms with Crippen LogP contribution in [0.2, 0.25) is 0 Å². The molecule has 0 unspecified atom stereocenters. The number of benzene rings is 2. The molecular formula is C17H10F2O4. The Labute approximate surface area is 128 Å². The van der Waals surface area contributed by atoms with Gasteiger partial charge in [0.2, 0.25) is 0 Å². The Balaban J connectivity index is 2.15. The summed E-state index contributed by atoms with van der Waals surface area (Å²) in [7, 11) is 0. The van der Waals surface area contributed by atoms with Crippen molar-refractivity contribution in [1.82, 2.24) is 0 Å². The van der Waals surface area contributed by atoms with E-state index < -0.39 is 23.2 Å². The van der Waals surface area contributed by atoms with Crippen molar-refractivity contribution in [3.05, 3.63) is 64.5 Å². The average Bonchev–Trinajstić information content (AvgIpc) is 2.44. The third kappa shape index (κ3) is 3.11. The average molecular weight is 316 g/mol. The minimum absolute atomic E-state index is 0.0381. The monoisotopic (exact) mass is 316 g/mol. The van der Waals surface area contributed by atoms with Crippen molar-refractivity contribution in [3.63, 3.8) is 0 Å². The molecule has 4 nitrogen and oxygen atoms in total. The van der Waals surface area contributed by atoms with Crippen LogP contribution in [0.3, 0.4) is 0 Å². The first kappa shape index (κ1) is 14.9. The third-order valence-electron chi connectivity index (χ3n) is 3.14. The largest absolute Gasteiger partial charge is 0.427 e. The van der Waals surface area contributed by atoms with E-state index in [2.05, 4.69) is 0 Å². The third-order valence-corrected chi connectivity index (χ3v) is 3.14. The van der Waals surface area contributed by atoms with E-state index in [1.165, 1.54) is 25.1 Å². The molecule has 0 bridgehead atoms. The fourth-order valence-electron chi connectivity index (χ4n) is 2.23. The van der Waals surface area contributed by atoms with Crippen LogP contribution >= 0.6 is 0 Å². The van der Waals surface area contributed by atoms with Crippen LogP contribution < -0.4 is 10.4 Å². The number of carbonyl (C=O) groups is 1. The maximum atomic E-state index is 13.3. The number of halogens is 2. The molecule has 0 spiro atoms. The van der Waals surface area contributed by atoms with Crippen LogP contribution in [0.1, 0.15) is 6.92 Å². The van der Waals surface area contributed by atoms with Crippen LogP contribution in [0.5, 0.6) is 5.75 Å². The van der Waals surface area contributed by atoms with Crippen LogP contribution in [0.25, 0.3) is 22.1 Å². The van der Waals surface area contributed by atoms with Crippen LogP contribution in [0, 0.1) is 11.6 Å². The van der Waals surface area contributed by atoms with Gasteiger partial charge in [-0.3, -0.25) is 4.79 Å². The Hall–Kier alpha value is -3.02. The lowest BCUT2D eigenvalue weighted by atomic mass is 10.1. The summed E-state index contributed by atoms with van der Waals surface area (Å²) in [6, 6.07) is 8.79. The minimum Gasteiger partial charge on any atom is -0.427 e. The first-order valence-corrected chi connectivity index (χ1v) is 6.65. The second-order valence-corrected chi connectivity index (χ2v) is 4.90. The topological polar surface area (TPSA) is 56.5 Å². The highest BCUT2D eigenvalue weighted by molar-refractivity contribution is 5.83. The fourth-order valence-corrected chi connectivity index (χ4v) is 2.23. The molecule has 116 valence electrons. The van der Waals surface area contributed by atoms with E-state index in [1.807, 2.05) is 0 Å². The van der Waals surface area contributed by atoms with E-state index in [0.717, 1.165) is 18.2 Å². The van der Waals surface area contributed by atoms with Crippen LogP contribution in [-0.2, 0) is 4.79 Å². The summed E-state index contributed by atoms with van der Waals surface area (Å²) in [5.74, 6) is -1.84. The van der Waals surface area contributed by atoms with Crippen molar-refractivity contribution in [2.24, 2.45) is 0 Å². The molecule has 0 amide bonds. The Bertz CT molecular complexity index is 956. The first-order valence-electron chi connectivity index (χ1n) is 6.65. The van der Waals surface area contributed by atoms with Gasteiger partial charge >= 0.3 is 11.6 Å². The van der Waals surface area contributed by atoms with Gasteiger partial charge in [0.1, 0.15) is 23.0 Å². The molecule has 6 heteroatoms. The Morgan fingerprint density at radius 1 is 1.04 bits per heavy atom. The molecule has 3 aromatic rings. The number of esters is 1. The van der Waals surface area contributed by atoms with Crippen LogP contribution in [0.15, 0.2) is 51.7 Å². The summed E-state index contributed by atoms with van der Waals surface area (Å²) in [6.07, 6.45) is 0. The maximum absolute atomic E-state index is 13.3. The molecule has 0 radical (unpaired) electrons. The Morgan fingerprint density at radius 2 is 1.74 bits per heavy atom. The summed E-state index contributed by atoms with van der Waals surface area (Å²) < 4.78 is 36.7. The van der Waals surface area contributed by atoms with Crippen molar-refractivity contribution in [2.75, 3.05) is 0 Å². The first-order chi connectivity index (χ1) is 10.9. The van der Waals surface area contributed by atoms with E-state index in [-0.39, 0.29) is 22.5 Å². The SMILES string of the molecule is CC(=O)Oc1ccc2cc(-c3cc(F)cc(F)c3)c(=O)oc2c1. The molecule has 3 rings (SSSR count). The molecule has 1 aromatic heterocycles. The van der Waals surface area contributed by atoms with Crippen LogP contribution in [0.4, 0.5) is 8.78 Å². The number of hydrogen-bond acceptors (Lipinski definition) is 4. The lowest BCUT2D eigenvalue weighted by Crippen LogP contribution is -2.04. The zero-order valence-electron chi connectivity index (χ0n) is 11.9. The fraction of sp³-hybridized carbons (Fsp3) is 0.0588. The van der Waals surface area contributed by atoms with Crippen molar-refractivity contribution in [3.8, 4) is 16.9 Å². The van der Waals surface area contributed by atoms with Gasteiger partial charge in [0.15, 0.2) is 0 Å². The van der Waals surface area contributed by atoms with Crippen molar-refractivity contribution >= 4 is 16.9 Å². The smallest absolute Gasteiger partial charge is 0.344 e. The molecule has 0 atom stereocenters. The second-order valence-electron chi connectivity index (χ2n) is 4.90. The van der Waals surface area contributed by atoms with E-state index in [1.54, 1.807) is 6.07 Å². The summed E-state index contributed by atoms with van der Waals surface area (Å²) in [6.45, 7) is 1.25. The van der Waals surface area contributed by atoms with E-state index in [4.69, 9.17) is 9.15 Å². The van der Waals surface area contributed by atoms with Gasteiger partial charge in [0, 0.05) is 24.4 Å². The number of rotatable bonds is 2. The zero-order valence-corrected chi connectivity index (χ0v) is 11.9. The highest BCUT2D eigenvalue weighted by Crippen LogP contribution is 2.25. The van der Waals surface area contributed by atoms with Gasteiger partial charge in [-0.1, -0.05) is 0 Å². The summed E-state index contributed by atoms with van der Waals surface area (Å²) in [5, 5.41) is 0.528. The summed E-state index contributed by atoms with van der Waals surface area (Å²) in [4.78, 5) is 23.0. The van der Waals surface area contributed by atoms with Crippen molar-refractivity contribution in [1.29, 1.82) is 0 Å². The van der Waals surface area contributed by atoms with E-state index in [9.17, 15) is 18.4 Å². The maximum Gasteiger partial charge on any atom is 0.344 e. The molecule has 23 heavy (non-hydrogen) atoms. The van der Waals surface area contributed by atoms with E-state index >= 15 is 0 Å². The predicted molar refractivity (Wildman–Crippen MR) is 79.1 cm³/mol. The van der Waals surface area contributed by atoms with Gasteiger partial charge in [-0.05, 0) is 35.9 Å². The molecule has 2 aromatic carbocycles. The molecule has 0 aliphatic carbocycles. The van der Waals surface area contributed by atoms with Gasteiger partial charge in [0.25, 0.3) is 0 Å². The summed E-state index contributed by atoms with van der Waals surface area (Å²) >= 11 is 0. The standard InChI is InChI=1S/C17H10F2O4/c1-9(20)22-14-3-2-10-6-15(17(21)23-16(10)8-14)11-4-12(18)7-13(19)5-11/h2-8H,1H3. The van der Waals surface area contributed by atoms with Crippen LogP contribution in [-0.4, -0.2) is 5.97 Å². The molecule has 0 fully saturated rings.